The van der Waals surface area contributed by atoms with Crippen LogP contribution < -0.4 is 0 Å². The quantitative estimate of drug-likeness (QED) is 0.699. The van der Waals surface area contributed by atoms with Crippen molar-refractivity contribution in [1.82, 2.24) is 9.88 Å². The third-order valence-corrected chi connectivity index (χ3v) is 4.60. The summed E-state index contributed by atoms with van der Waals surface area (Å²) in [7, 11) is 0. The van der Waals surface area contributed by atoms with Crippen LogP contribution in [0.4, 0.5) is 0 Å². The van der Waals surface area contributed by atoms with Gasteiger partial charge in [0.05, 0.1) is 30.0 Å². The zero-order valence-corrected chi connectivity index (χ0v) is 14.4. The number of benzene rings is 2. The van der Waals surface area contributed by atoms with Gasteiger partial charge in [0, 0.05) is 29.1 Å². The van der Waals surface area contributed by atoms with Crippen LogP contribution in [0.2, 0.25) is 5.02 Å². The Morgan fingerprint density at radius 3 is 2.64 bits per heavy atom. The summed E-state index contributed by atoms with van der Waals surface area (Å²) in [4.78, 5) is 19.6. The van der Waals surface area contributed by atoms with Crippen LogP contribution in [0.1, 0.15) is 10.4 Å². The average Bonchev–Trinajstić information content (AvgIpc) is 2.67. The van der Waals surface area contributed by atoms with E-state index in [1.54, 1.807) is 0 Å². The Labute approximate surface area is 151 Å². The first kappa shape index (κ1) is 16.1. The Morgan fingerprint density at radius 1 is 1.04 bits per heavy atom. The van der Waals surface area contributed by atoms with Crippen molar-refractivity contribution in [3.63, 3.8) is 0 Å². The van der Waals surface area contributed by atoms with Gasteiger partial charge in [0.1, 0.15) is 0 Å². The van der Waals surface area contributed by atoms with E-state index in [4.69, 9.17) is 21.3 Å². The van der Waals surface area contributed by atoms with Crippen molar-refractivity contribution in [1.29, 1.82) is 0 Å². The molecule has 4 nitrogen and oxygen atoms in total. The zero-order chi connectivity index (χ0) is 17.2. The van der Waals surface area contributed by atoms with Crippen molar-refractivity contribution < 1.29 is 9.53 Å². The first-order chi connectivity index (χ1) is 12.2. The maximum absolute atomic E-state index is 13.1. The molecule has 0 radical (unpaired) electrons. The molecule has 25 heavy (non-hydrogen) atoms. The Balaban J connectivity index is 1.85. The first-order valence-corrected chi connectivity index (χ1v) is 8.63. The van der Waals surface area contributed by atoms with E-state index in [1.165, 1.54) is 0 Å². The summed E-state index contributed by atoms with van der Waals surface area (Å²) in [5, 5.41) is 1.51. The molecule has 5 heteroatoms. The van der Waals surface area contributed by atoms with Gasteiger partial charge in [-0.2, -0.15) is 0 Å². The maximum Gasteiger partial charge on any atom is 0.254 e. The lowest BCUT2D eigenvalue weighted by Gasteiger charge is -2.27. The molecule has 1 aliphatic heterocycles. The molecule has 1 fully saturated rings. The van der Waals surface area contributed by atoms with Crippen LogP contribution in [-0.4, -0.2) is 42.1 Å². The van der Waals surface area contributed by atoms with Gasteiger partial charge in [-0.05, 0) is 24.3 Å². The number of rotatable bonds is 2. The van der Waals surface area contributed by atoms with Crippen molar-refractivity contribution in [2.24, 2.45) is 0 Å². The van der Waals surface area contributed by atoms with Crippen LogP contribution in [0.25, 0.3) is 22.2 Å². The highest BCUT2D eigenvalue weighted by Crippen LogP contribution is 2.27. The van der Waals surface area contributed by atoms with Gasteiger partial charge in [0.25, 0.3) is 5.91 Å². The minimum atomic E-state index is 0.0187. The number of para-hydroxylation sites is 1. The fraction of sp³-hybridized carbons (Fsp3) is 0.200. The van der Waals surface area contributed by atoms with E-state index in [2.05, 4.69) is 0 Å². The van der Waals surface area contributed by atoms with Crippen molar-refractivity contribution in [2.75, 3.05) is 26.3 Å². The summed E-state index contributed by atoms with van der Waals surface area (Å²) in [6, 6.07) is 17.1. The molecule has 1 aliphatic rings. The van der Waals surface area contributed by atoms with E-state index in [-0.39, 0.29) is 5.91 Å². The topological polar surface area (TPSA) is 42.4 Å². The molecule has 0 bridgehead atoms. The Hall–Kier alpha value is -2.43. The molecule has 2 aromatic carbocycles. The number of carbonyl (C=O) groups excluding carboxylic acids is 1. The van der Waals surface area contributed by atoms with Crippen LogP contribution in [0, 0.1) is 0 Å². The number of nitrogens with zero attached hydrogens (tertiary/aromatic N) is 2. The average molecular weight is 353 g/mol. The van der Waals surface area contributed by atoms with Crippen LogP contribution in [0.15, 0.2) is 54.6 Å². The third kappa shape index (κ3) is 3.23. The summed E-state index contributed by atoms with van der Waals surface area (Å²) in [5.74, 6) is 0.0187. The molecule has 126 valence electrons. The molecule has 0 spiro atoms. The second kappa shape index (κ2) is 6.82. The summed E-state index contributed by atoms with van der Waals surface area (Å²) >= 11 is 6.12. The smallest absolute Gasteiger partial charge is 0.254 e. The van der Waals surface area contributed by atoms with E-state index in [0.717, 1.165) is 22.2 Å². The van der Waals surface area contributed by atoms with E-state index in [1.807, 2.05) is 59.5 Å². The van der Waals surface area contributed by atoms with Gasteiger partial charge in [-0.3, -0.25) is 4.79 Å². The maximum atomic E-state index is 13.1. The van der Waals surface area contributed by atoms with E-state index < -0.39 is 0 Å². The SMILES string of the molecule is O=C(c1cc(-c2cccc(Cl)c2)nc2ccccc12)N1CCOCC1. The number of halogens is 1. The van der Waals surface area contributed by atoms with Gasteiger partial charge in [0.2, 0.25) is 0 Å². The summed E-state index contributed by atoms with van der Waals surface area (Å²) in [6.07, 6.45) is 0. The van der Waals surface area contributed by atoms with Crippen molar-refractivity contribution in [3.8, 4) is 11.3 Å². The molecular formula is C20H17ClN2O2. The molecule has 3 aromatic rings. The largest absolute Gasteiger partial charge is 0.378 e. The lowest BCUT2D eigenvalue weighted by Crippen LogP contribution is -2.40. The van der Waals surface area contributed by atoms with Gasteiger partial charge < -0.3 is 9.64 Å². The second-order valence-electron chi connectivity index (χ2n) is 5.99. The molecule has 2 heterocycles. The molecule has 0 saturated carbocycles. The highest BCUT2D eigenvalue weighted by molar-refractivity contribution is 6.30. The summed E-state index contributed by atoms with van der Waals surface area (Å²) in [6.45, 7) is 2.38. The minimum Gasteiger partial charge on any atom is -0.378 e. The van der Waals surface area contributed by atoms with E-state index in [9.17, 15) is 4.79 Å². The Kier molecular flexibility index (Phi) is 4.38. The monoisotopic (exact) mass is 352 g/mol. The van der Waals surface area contributed by atoms with Crippen molar-refractivity contribution >= 4 is 28.4 Å². The van der Waals surface area contributed by atoms with Gasteiger partial charge in [-0.15, -0.1) is 0 Å². The van der Waals surface area contributed by atoms with E-state index in [0.29, 0.717) is 36.9 Å². The number of morpholine rings is 1. The predicted octanol–water partition coefficient (Wildman–Crippen LogP) is 4.03. The van der Waals surface area contributed by atoms with Gasteiger partial charge in [-0.1, -0.05) is 41.9 Å². The fourth-order valence-corrected chi connectivity index (χ4v) is 3.28. The molecule has 1 amide bonds. The number of fused-ring (bicyclic) bond motifs is 1. The van der Waals surface area contributed by atoms with Crippen LogP contribution in [0.3, 0.4) is 0 Å². The molecule has 0 N–H and O–H groups in total. The van der Waals surface area contributed by atoms with Crippen LogP contribution in [-0.2, 0) is 4.74 Å². The van der Waals surface area contributed by atoms with Crippen molar-refractivity contribution in [3.05, 3.63) is 65.2 Å². The minimum absolute atomic E-state index is 0.0187. The number of carbonyl (C=O) groups is 1. The molecule has 1 aromatic heterocycles. The molecule has 0 atom stereocenters. The predicted molar refractivity (Wildman–Crippen MR) is 98.9 cm³/mol. The Bertz CT molecular complexity index is 936. The number of pyridine rings is 1. The normalized spacial score (nSPS) is 14.7. The van der Waals surface area contributed by atoms with Crippen LogP contribution >= 0.6 is 11.6 Å². The van der Waals surface area contributed by atoms with Gasteiger partial charge in [-0.25, -0.2) is 4.98 Å². The number of hydrogen-bond acceptors (Lipinski definition) is 3. The Morgan fingerprint density at radius 2 is 1.84 bits per heavy atom. The first-order valence-electron chi connectivity index (χ1n) is 8.25. The number of amides is 1. The number of ether oxygens (including phenoxy) is 1. The zero-order valence-electron chi connectivity index (χ0n) is 13.6. The van der Waals surface area contributed by atoms with Crippen LogP contribution in [0.5, 0.6) is 0 Å². The highest BCUT2D eigenvalue weighted by atomic mass is 35.5. The summed E-state index contributed by atoms with van der Waals surface area (Å²) < 4.78 is 5.36. The third-order valence-electron chi connectivity index (χ3n) is 4.37. The lowest BCUT2D eigenvalue weighted by molar-refractivity contribution is 0.0304. The van der Waals surface area contributed by atoms with E-state index >= 15 is 0 Å². The fourth-order valence-electron chi connectivity index (χ4n) is 3.08. The molecule has 1 saturated heterocycles. The van der Waals surface area contributed by atoms with Crippen molar-refractivity contribution in [2.45, 2.75) is 0 Å². The van der Waals surface area contributed by atoms with Gasteiger partial charge >= 0.3 is 0 Å². The second-order valence-corrected chi connectivity index (χ2v) is 6.42. The highest BCUT2D eigenvalue weighted by Gasteiger charge is 2.21. The molecule has 0 unspecified atom stereocenters. The molecular weight excluding hydrogens is 336 g/mol. The standard InChI is InChI=1S/C20H17ClN2O2/c21-15-5-3-4-14(12-15)19-13-17(16-6-1-2-7-18(16)22-19)20(24)23-8-10-25-11-9-23/h1-7,12-13H,8-11H2. The molecule has 4 rings (SSSR count). The lowest BCUT2D eigenvalue weighted by atomic mass is 10.0. The molecule has 0 aliphatic carbocycles. The summed E-state index contributed by atoms with van der Waals surface area (Å²) in [5.41, 5.74) is 3.12. The number of hydrogen-bond donors (Lipinski definition) is 0. The number of aromatic nitrogens is 1. The van der Waals surface area contributed by atoms with Gasteiger partial charge in [0.15, 0.2) is 0 Å².